The van der Waals surface area contributed by atoms with E-state index in [9.17, 15) is 12.8 Å². The average Bonchev–Trinajstić information content (AvgIpc) is 2.98. The molecule has 4 nitrogen and oxygen atoms in total. The Labute approximate surface area is 133 Å². The van der Waals surface area contributed by atoms with Crippen LogP contribution in [-0.2, 0) is 10.0 Å². The van der Waals surface area contributed by atoms with E-state index in [1.807, 2.05) is 6.07 Å². The van der Waals surface area contributed by atoms with E-state index in [0.717, 1.165) is 11.3 Å². The molecule has 0 N–H and O–H groups in total. The molecule has 0 bridgehead atoms. The third-order valence-corrected chi connectivity index (χ3v) is 6.85. The van der Waals surface area contributed by atoms with Crippen molar-refractivity contribution < 1.29 is 12.8 Å². The summed E-state index contributed by atoms with van der Waals surface area (Å²) < 4.78 is 39.9. The third-order valence-electron chi connectivity index (χ3n) is 3.35. The van der Waals surface area contributed by atoms with Gasteiger partial charge in [-0.3, -0.25) is 0 Å². The van der Waals surface area contributed by atoms with E-state index in [-0.39, 0.29) is 16.6 Å². The molecule has 0 aliphatic rings. The highest BCUT2D eigenvalue weighted by Crippen LogP contribution is 2.30. The maximum absolute atomic E-state index is 13.0. The summed E-state index contributed by atoms with van der Waals surface area (Å²) in [6.45, 7) is 3.78. The summed E-state index contributed by atoms with van der Waals surface area (Å²) in [5, 5.41) is 8.84. The van der Waals surface area contributed by atoms with Crippen molar-refractivity contribution in [3.63, 3.8) is 0 Å². The smallest absolute Gasteiger partial charge is 0.207 e. The van der Waals surface area contributed by atoms with Crippen molar-refractivity contribution in [3.8, 4) is 6.07 Å². The monoisotopic (exact) mass is 338 g/mol. The van der Waals surface area contributed by atoms with Crippen molar-refractivity contribution in [3.05, 3.63) is 52.7 Å². The lowest BCUT2D eigenvalue weighted by atomic mass is 10.1. The van der Waals surface area contributed by atoms with Gasteiger partial charge in [0.25, 0.3) is 10.0 Å². The zero-order chi connectivity index (χ0) is 16.3. The van der Waals surface area contributed by atoms with Crippen molar-refractivity contribution in [1.29, 1.82) is 5.26 Å². The minimum absolute atomic E-state index is 0.139. The fourth-order valence-electron chi connectivity index (χ4n) is 2.19. The minimum atomic E-state index is -3.69. The number of hydrogen-bond donors (Lipinski definition) is 0. The summed E-state index contributed by atoms with van der Waals surface area (Å²) in [5.41, 5.74) is 0.712. The first-order chi connectivity index (χ1) is 10.4. The molecule has 22 heavy (non-hydrogen) atoms. The first-order valence-corrected chi connectivity index (χ1v) is 8.93. The second kappa shape index (κ2) is 6.57. The molecule has 0 saturated carbocycles. The molecule has 7 heteroatoms. The van der Waals surface area contributed by atoms with Gasteiger partial charge in [-0.15, -0.1) is 11.3 Å². The van der Waals surface area contributed by atoms with Crippen LogP contribution in [0.2, 0.25) is 0 Å². The van der Waals surface area contributed by atoms with Crippen LogP contribution in [0.3, 0.4) is 0 Å². The first kappa shape index (κ1) is 16.6. The highest BCUT2D eigenvalue weighted by Gasteiger charge is 2.30. The molecule has 0 radical (unpaired) electrons. The fourth-order valence-corrected chi connectivity index (χ4v) is 5.06. The van der Waals surface area contributed by atoms with Gasteiger partial charge in [-0.2, -0.15) is 9.57 Å². The SMILES string of the molecule is CCN([C@H](C)c1ccc(F)cc1)S(=O)(=O)c1ccc(C#N)s1. The van der Waals surface area contributed by atoms with Crippen LogP contribution in [0.4, 0.5) is 4.39 Å². The second-order valence-corrected chi connectivity index (χ2v) is 7.87. The van der Waals surface area contributed by atoms with Crippen LogP contribution in [-0.4, -0.2) is 19.3 Å². The largest absolute Gasteiger partial charge is 0.253 e. The van der Waals surface area contributed by atoms with Gasteiger partial charge in [0.05, 0.1) is 0 Å². The Morgan fingerprint density at radius 3 is 2.41 bits per heavy atom. The van der Waals surface area contributed by atoms with Gasteiger partial charge in [-0.1, -0.05) is 19.1 Å². The number of rotatable bonds is 5. The van der Waals surface area contributed by atoms with Gasteiger partial charge in [0.1, 0.15) is 21.0 Å². The van der Waals surface area contributed by atoms with Gasteiger partial charge in [-0.25, -0.2) is 12.8 Å². The van der Waals surface area contributed by atoms with E-state index in [4.69, 9.17) is 5.26 Å². The number of nitrogens with zero attached hydrogens (tertiary/aromatic N) is 2. The van der Waals surface area contributed by atoms with E-state index in [0.29, 0.717) is 10.4 Å². The molecular weight excluding hydrogens is 323 g/mol. The Morgan fingerprint density at radius 2 is 1.91 bits per heavy atom. The van der Waals surface area contributed by atoms with Crippen molar-refractivity contribution in [2.45, 2.75) is 24.1 Å². The van der Waals surface area contributed by atoms with E-state index >= 15 is 0 Å². The normalized spacial score (nSPS) is 13.0. The van der Waals surface area contributed by atoms with E-state index in [2.05, 4.69) is 0 Å². The van der Waals surface area contributed by atoms with Crippen LogP contribution in [0.25, 0.3) is 0 Å². The number of sulfonamides is 1. The highest BCUT2D eigenvalue weighted by atomic mass is 32.2. The van der Waals surface area contributed by atoms with Gasteiger partial charge in [0, 0.05) is 12.6 Å². The van der Waals surface area contributed by atoms with Crippen molar-refractivity contribution in [2.24, 2.45) is 0 Å². The maximum Gasteiger partial charge on any atom is 0.253 e. The molecule has 2 rings (SSSR count). The predicted molar refractivity (Wildman–Crippen MR) is 83.4 cm³/mol. The zero-order valence-corrected chi connectivity index (χ0v) is 13.8. The fraction of sp³-hybridized carbons (Fsp3) is 0.267. The number of halogens is 1. The predicted octanol–water partition coefficient (Wildman–Crippen LogP) is 3.53. The van der Waals surface area contributed by atoms with Crippen molar-refractivity contribution in [1.82, 2.24) is 4.31 Å². The molecule has 116 valence electrons. The number of nitriles is 1. The molecule has 0 aliphatic heterocycles. The van der Waals surface area contributed by atoms with Crippen LogP contribution < -0.4 is 0 Å². The summed E-state index contributed by atoms with van der Waals surface area (Å²) in [6, 6.07) is 10.2. The molecule has 0 amide bonds. The lowest BCUT2D eigenvalue weighted by Gasteiger charge is -2.26. The van der Waals surface area contributed by atoms with E-state index in [1.54, 1.807) is 26.0 Å². The van der Waals surface area contributed by atoms with Gasteiger partial charge in [0.15, 0.2) is 0 Å². The average molecular weight is 338 g/mol. The number of benzene rings is 1. The van der Waals surface area contributed by atoms with Crippen LogP contribution in [0, 0.1) is 17.1 Å². The second-order valence-electron chi connectivity index (χ2n) is 4.67. The molecular formula is C15H15FN2O2S2. The van der Waals surface area contributed by atoms with Crippen LogP contribution in [0.1, 0.15) is 30.3 Å². The highest BCUT2D eigenvalue weighted by molar-refractivity contribution is 7.91. The molecule has 1 aromatic carbocycles. The van der Waals surface area contributed by atoms with Crippen molar-refractivity contribution >= 4 is 21.4 Å². The summed E-state index contributed by atoms with van der Waals surface area (Å²) in [5.74, 6) is -0.362. The van der Waals surface area contributed by atoms with Crippen LogP contribution >= 0.6 is 11.3 Å². The molecule has 0 fully saturated rings. The van der Waals surface area contributed by atoms with Crippen molar-refractivity contribution in [2.75, 3.05) is 6.54 Å². The Morgan fingerprint density at radius 1 is 1.27 bits per heavy atom. The standard InChI is InChI=1S/C15H15FN2O2S2/c1-3-18(11(2)12-4-6-13(16)7-5-12)22(19,20)15-9-8-14(10-17)21-15/h4-9,11H,3H2,1-2H3/t11-/m1/s1. The first-order valence-electron chi connectivity index (χ1n) is 6.67. The maximum atomic E-state index is 13.0. The Bertz CT molecular complexity index is 792. The molecule has 1 aromatic heterocycles. The van der Waals surface area contributed by atoms with Gasteiger partial charge in [-0.05, 0) is 36.8 Å². The van der Waals surface area contributed by atoms with Crippen LogP contribution in [0.5, 0.6) is 0 Å². The van der Waals surface area contributed by atoms with Crippen LogP contribution in [0.15, 0.2) is 40.6 Å². The molecule has 0 unspecified atom stereocenters. The van der Waals surface area contributed by atoms with Gasteiger partial charge < -0.3 is 0 Å². The molecule has 0 saturated heterocycles. The summed E-state index contributed by atoms with van der Waals surface area (Å²) in [6.07, 6.45) is 0. The Kier molecular flexibility index (Phi) is 4.96. The molecule has 1 heterocycles. The summed E-state index contributed by atoms with van der Waals surface area (Å²) >= 11 is 0.948. The quantitative estimate of drug-likeness (QED) is 0.838. The minimum Gasteiger partial charge on any atom is -0.207 e. The summed E-state index contributed by atoms with van der Waals surface area (Å²) in [4.78, 5) is 0.351. The number of hydrogen-bond acceptors (Lipinski definition) is 4. The Balaban J connectivity index is 2.37. The Hall–Kier alpha value is -1.75. The van der Waals surface area contributed by atoms with Gasteiger partial charge in [0.2, 0.25) is 0 Å². The molecule has 0 spiro atoms. The zero-order valence-electron chi connectivity index (χ0n) is 12.2. The lowest BCUT2D eigenvalue weighted by Crippen LogP contribution is -2.33. The summed E-state index contributed by atoms with van der Waals surface area (Å²) in [7, 11) is -3.69. The lowest BCUT2D eigenvalue weighted by molar-refractivity contribution is 0.358. The van der Waals surface area contributed by atoms with E-state index < -0.39 is 16.1 Å². The topological polar surface area (TPSA) is 61.2 Å². The third kappa shape index (κ3) is 3.19. The van der Waals surface area contributed by atoms with E-state index in [1.165, 1.54) is 28.6 Å². The molecule has 1 atom stereocenters. The molecule has 0 aliphatic carbocycles. The molecule has 2 aromatic rings. The number of thiophene rings is 1. The van der Waals surface area contributed by atoms with Gasteiger partial charge >= 0.3 is 0 Å².